The maximum atomic E-state index is 5.21. The molecule has 1 aromatic heterocycles. The van der Waals surface area contributed by atoms with Crippen LogP contribution < -0.4 is 5.32 Å². The molecule has 0 aliphatic rings. The topological polar surface area (TPSA) is 51.0 Å². The third kappa shape index (κ3) is 4.31. The van der Waals surface area contributed by atoms with E-state index in [1.165, 1.54) is 0 Å². The number of hydrogen-bond acceptors (Lipinski definition) is 4. The molecular weight excluding hydrogens is 202 g/mol. The second-order valence-electron chi connectivity index (χ2n) is 5.70. The van der Waals surface area contributed by atoms with E-state index in [-0.39, 0.29) is 5.54 Å². The number of nitrogens with one attached hydrogen (secondary N) is 1. The van der Waals surface area contributed by atoms with Crippen molar-refractivity contribution in [1.82, 2.24) is 15.5 Å². The summed E-state index contributed by atoms with van der Waals surface area (Å²) in [7, 11) is 0. The molecule has 1 atom stereocenters. The van der Waals surface area contributed by atoms with Crippen molar-refractivity contribution in [3.05, 3.63) is 11.7 Å². The van der Waals surface area contributed by atoms with Crippen molar-refractivity contribution in [3.63, 3.8) is 0 Å². The van der Waals surface area contributed by atoms with Gasteiger partial charge in [0.05, 0.1) is 0 Å². The first-order valence-electron chi connectivity index (χ1n) is 5.88. The van der Waals surface area contributed by atoms with Gasteiger partial charge in [-0.1, -0.05) is 19.0 Å². The first-order chi connectivity index (χ1) is 7.28. The first kappa shape index (κ1) is 13.2. The molecule has 0 radical (unpaired) electrons. The smallest absolute Gasteiger partial charge is 0.228 e. The lowest BCUT2D eigenvalue weighted by atomic mass is 10.1. The van der Waals surface area contributed by atoms with Gasteiger partial charge < -0.3 is 9.84 Å². The largest absolute Gasteiger partial charge is 0.339 e. The Hall–Kier alpha value is -0.900. The van der Waals surface area contributed by atoms with Crippen LogP contribution in [0, 0.1) is 0 Å². The van der Waals surface area contributed by atoms with Crippen LogP contribution in [0.15, 0.2) is 4.52 Å². The Morgan fingerprint density at radius 3 is 2.31 bits per heavy atom. The second-order valence-corrected chi connectivity index (χ2v) is 5.70. The van der Waals surface area contributed by atoms with Crippen LogP contribution in [0.2, 0.25) is 0 Å². The molecule has 0 saturated heterocycles. The molecule has 92 valence electrons. The lowest BCUT2D eigenvalue weighted by molar-refractivity contribution is 0.325. The molecule has 1 N–H and O–H groups in total. The predicted octanol–water partition coefficient (Wildman–Crippen LogP) is 2.51. The van der Waals surface area contributed by atoms with E-state index in [1.54, 1.807) is 0 Å². The Balaban J connectivity index is 2.53. The number of hydrogen-bond donors (Lipinski definition) is 1. The molecule has 16 heavy (non-hydrogen) atoms. The summed E-state index contributed by atoms with van der Waals surface area (Å²) in [5.74, 6) is 1.83. The molecule has 4 nitrogen and oxygen atoms in total. The molecule has 4 heteroatoms. The van der Waals surface area contributed by atoms with Crippen LogP contribution >= 0.6 is 0 Å². The fourth-order valence-corrected chi connectivity index (χ4v) is 1.64. The Labute approximate surface area is 97.8 Å². The lowest BCUT2D eigenvalue weighted by Crippen LogP contribution is -2.43. The first-order valence-corrected chi connectivity index (χ1v) is 5.88. The summed E-state index contributed by atoms with van der Waals surface area (Å²) in [6, 6.07) is 0.334. The highest BCUT2D eigenvalue weighted by molar-refractivity contribution is 4.93. The highest BCUT2D eigenvalue weighted by Gasteiger charge is 2.17. The Bertz CT molecular complexity index is 325. The van der Waals surface area contributed by atoms with Gasteiger partial charge >= 0.3 is 0 Å². The van der Waals surface area contributed by atoms with Gasteiger partial charge in [-0.05, 0) is 27.7 Å². The molecule has 1 aromatic rings. The molecule has 0 saturated carbocycles. The minimum absolute atomic E-state index is 0.111. The third-order valence-electron chi connectivity index (χ3n) is 2.16. The van der Waals surface area contributed by atoms with Gasteiger partial charge in [-0.25, -0.2) is 0 Å². The zero-order chi connectivity index (χ0) is 12.3. The van der Waals surface area contributed by atoms with E-state index in [9.17, 15) is 0 Å². The van der Waals surface area contributed by atoms with Crippen LogP contribution in [-0.4, -0.2) is 21.7 Å². The van der Waals surface area contributed by atoms with Crippen molar-refractivity contribution in [2.75, 3.05) is 0 Å². The fraction of sp³-hybridized carbons (Fsp3) is 0.833. The molecule has 0 amide bonds. The van der Waals surface area contributed by atoms with Gasteiger partial charge in [0.15, 0.2) is 5.82 Å². The standard InChI is InChI=1S/C12H23N3O/c1-8(2)11-13-10(16-15-11)7-9(3)14-12(4,5)6/h8-9,14H,7H2,1-6H3. The molecular formula is C12H23N3O. The second kappa shape index (κ2) is 4.95. The van der Waals surface area contributed by atoms with Crippen LogP contribution in [0.1, 0.15) is 59.2 Å². The van der Waals surface area contributed by atoms with Crippen molar-refractivity contribution in [1.29, 1.82) is 0 Å². The molecule has 1 heterocycles. The summed E-state index contributed by atoms with van der Waals surface area (Å²) in [6.07, 6.45) is 0.775. The predicted molar refractivity (Wildman–Crippen MR) is 64.4 cm³/mol. The van der Waals surface area contributed by atoms with Gasteiger partial charge in [0.1, 0.15) is 0 Å². The van der Waals surface area contributed by atoms with E-state index in [0.717, 1.165) is 12.2 Å². The van der Waals surface area contributed by atoms with Crippen LogP contribution in [0.25, 0.3) is 0 Å². The van der Waals surface area contributed by atoms with Crippen molar-refractivity contribution in [2.45, 2.75) is 65.5 Å². The van der Waals surface area contributed by atoms with Crippen LogP contribution in [0.5, 0.6) is 0 Å². The lowest BCUT2D eigenvalue weighted by Gasteiger charge is -2.25. The summed E-state index contributed by atoms with van der Waals surface area (Å²) < 4.78 is 5.21. The van der Waals surface area contributed by atoms with Crippen molar-refractivity contribution in [3.8, 4) is 0 Å². The minimum atomic E-state index is 0.111. The molecule has 0 aromatic carbocycles. The quantitative estimate of drug-likeness (QED) is 0.855. The SMILES string of the molecule is CC(Cc1nc(C(C)C)no1)NC(C)(C)C. The summed E-state index contributed by atoms with van der Waals surface area (Å²) in [6.45, 7) is 12.7. The summed E-state index contributed by atoms with van der Waals surface area (Å²) in [5, 5.41) is 7.43. The van der Waals surface area contributed by atoms with Gasteiger partial charge in [0.2, 0.25) is 5.89 Å². The summed E-state index contributed by atoms with van der Waals surface area (Å²) in [4.78, 5) is 4.36. The Kier molecular flexibility index (Phi) is 4.08. The summed E-state index contributed by atoms with van der Waals surface area (Å²) >= 11 is 0. The fourth-order valence-electron chi connectivity index (χ4n) is 1.64. The zero-order valence-corrected chi connectivity index (χ0v) is 11.2. The van der Waals surface area contributed by atoms with Crippen molar-refractivity contribution in [2.24, 2.45) is 0 Å². The van der Waals surface area contributed by atoms with Gasteiger partial charge in [-0.3, -0.25) is 0 Å². The van der Waals surface area contributed by atoms with Crippen LogP contribution in [0.4, 0.5) is 0 Å². The Morgan fingerprint density at radius 2 is 1.88 bits per heavy atom. The van der Waals surface area contributed by atoms with Crippen LogP contribution in [-0.2, 0) is 6.42 Å². The van der Waals surface area contributed by atoms with Gasteiger partial charge in [-0.2, -0.15) is 4.98 Å². The maximum absolute atomic E-state index is 5.21. The molecule has 1 unspecified atom stereocenters. The van der Waals surface area contributed by atoms with Crippen molar-refractivity contribution < 1.29 is 4.52 Å². The average molecular weight is 225 g/mol. The minimum Gasteiger partial charge on any atom is -0.339 e. The monoisotopic (exact) mass is 225 g/mol. The highest BCUT2D eigenvalue weighted by atomic mass is 16.5. The molecule has 0 fully saturated rings. The molecule has 0 aliphatic heterocycles. The number of rotatable bonds is 4. The average Bonchev–Trinajstić information content (AvgIpc) is 2.48. The molecule has 0 aliphatic carbocycles. The summed E-state index contributed by atoms with van der Waals surface area (Å²) in [5.41, 5.74) is 0.111. The van der Waals surface area contributed by atoms with E-state index in [1.807, 2.05) is 0 Å². The van der Waals surface area contributed by atoms with E-state index >= 15 is 0 Å². The number of aromatic nitrogens is 2. The van der Waals surface area contributed by atoms with E-state index in [4.69, 9.17) is 4.52 Å². The van der Waals surface area contributed by atoms with E-state index in [0.29, 0.717) is 17.9 Å². The number of nitrogens with zero attached hydrogens (tertiary/aromatic N) is 2. The third-order valence-corrected chi connectivity index (χ3v) is 2.16. The zero-order valence-electron chi connectivity index (χ0n) is 11.2. The van der Waals surface area contributed by atoms with Gasteiger partial charge in [0, 0.05) is 23.9 Å². The van der Waals surface area contributed by atoms with E-state index in [2.05, 4.69) is 57.0 Å². The maximum Gasteiger partial charge on any atom is 0.228 e. The Morgan fingerprint density at radius 1 is 1.25 bits per heavy atom. The van der Waals surface area contributed by atoms with Crippen molar-refractivity contribution >= 4 is 0 Å². The molecule has 0 spiro atoms. The molecule has 1 rings (SSSR count). The normalized spacial score (nSPS) is 14.4. The molecule has 0 bridgehead atoms. The van der Waals surface area contributed by atoms with Gasteiger partial charge in [0.25, 0.3) is 0 Å². The van der Waals surface area contributed by atoms with Gasteiger partial charge in [-0.15, -0.1) is 0 Å². The van der Waals surface area contributed by atoms with E-state index < -0.39 is 0 Å². The van der Waals surface area contributed by atoms with Crippen LogP contribution in [0.3, 0.4) is 0 Å². The highest BCUT2D eigenvalue weighted by Crippen LogP contribution is 2.11.